The van der Waals surface area contributed by atoms with E-state index in [2.05, 4.69) is 10.9 Å². The molecule has 0 saturated carbocycles. The Morgan fingerprint density at radius 3 is 2.17 bits per heavy atom. The van der Waals surface area contributed by atoms with E-state index in [1.165, 1.54) is 18.2 Å². The molecule has 0 heterocycles. The number of carboxylic acids is 1. The van der Waals surface area contributed by atoms with Crippen molar-refractivity contribution < 1.29 is 28.2 Å². The van der Waals surface area contributed by atoms with E-state index in [1.54, 1.807) is 24.3 Å². The standard InChI is InChI=1S/C30H28ClF2N3O4/c1-2-39-13-14-40-17-18-3-5-19(6-4-18)20-7-9-21(10-8-20)27-25(32)16-26(34)29(28(27)33)36-35-22-11-12-24(31)23(15-22)30(37)38/h3-12,15-16,35-36H,2,13-14,17,34H2,1H3,(H,37,38). The van der Waals surface area contributed by atoms with Gasteiger partial charge in [-0.15, -0.1) is 0 Å². The number of anilines is 3. The largest absolute Gasteiger partial charge is 0.478 e. The summed E-state index contributed by atoms with van der Waals surface area (Å²) < 4.78 is 41.3. The van der Waals surface area contributed by atoms with E-state index in [-0.39, 0.29) is 27.5 Å². The Morgan fingerprint density at radius 1 is 0.900 bits per heavy atom. The molecule has 0 amide bonds. The number of aromatic carboxylic acids is 1. The highest BCUT2D eigenvalue weighted by Gasteiger charge is 2.19. The highest BCUT2D eigenvalue weighted by Crippen LogP contribution is 2.36. The molecule has 0 aliphatic rings. The Kier molecular flexibility index (Phi) is 9.55. The summed E-state index contributed by atoms with van der Waals surface area (Å²) in [6.45, 7) is 4.15. The second-order valence-electron chi connectivity index (χ2n) is 8.79. The summed E-state index contributed by atoms with van der Waals surface area (Å²) in [5, 5.41) is 9.30. The Labute approximate surface area is 235 Å². The summed E-state index contributed by atoms with van der Waals surface area (Å²) in [4.78, 5) is 11.3. The van der Waals surface area contributed by atoms with Crippen LogP contribution < -0.4 is 16.6 Å². The zero-order chi connectivity index (χ0) is 28.6. The van der Waals surface area contributed by atoms with Crippen LogP contribution in [0.4, 0.5) is 25.8 Å². The van der Waals surface area contributed by atoms with E-state index in [4.69, 9.17) is 26.8 Å². The molecule has 0 spiro atoms. The molecule has 0 aliphatic heterocycles. The van der Waals surface area contributed by atoms with Gasteiger partial charge in [0.05, 0.1) is 47.3 Å². The lowest BCUT2D eigenvalue weighted by Gasteiger charge is -2.16. The number of benzene rings is 4. The smallest absolute Gasteiger partial charge is 0.337 e. The third kappa shape index (κ3) is 6.87. The van der Waals surface area contributed by atoms with Crippen LogP contribution in [-0.4, -0.2) is 30.9 Å². The lowest BCUT2D eigenvalue weighted by atomic mass is 9.98. The monoisotopic (exact) mass is 567 g/mol. The van der Waals surface area contributed by atoms with Crippen LogP contribution in [0, 0.1) is 11.6 Å². The van der Waals surface area contributed by atoms with Crippen molar-refractivity contribution in [2.24, 2.45) is 0 Å². The van der Waals surface area contributed by atoms with E-state index in [1.807, 2.05) is 31.2 Å². The molecule has 208 valence electrons. The topological polar surface area (TPSA) is 106 Å². The number of hydrazine groups is 1. The molecule has 0 aromatic heterocycles. The summed E-state index contributed by atoms with van der Waals surface area (Å²) in [6.07, 6.45) is 0. The molecule has 10 heteroatoms. The summed E-state index contributed by atoms with van der Waals surface area (Å²) in [7, 11) is 0. The van der Waals surface area contributed by atoms with Crippen molar-refractivity contribution in [1.29, 1.82) is 0 Å². The van der Waals surface area contributed by atoms with Crippen LogP contribution in [-0.2, 0) is 16.1 Å². The fourth-order valence-electron chi connectivity index (χ4n) is 4.01. The van der Waals surface area contributed by atoms with Crippen molar-refractivity contribution in [3.05, 3.63) is 101 Å². The molecule has 4 rings (SSSR count). The van der Waals surface area contributed by atoms with E-state index >= 15 is 4.39 Å². The zero-order valence-electron chi connectivity index (χ0n) is 21.6. The molecule has 40 heavy (non-hydrogen) atoms. The summed E-state index contributed by atoms with van der Waals surface area (Å²) in [6, 6.07) is 19.9. The van der Waals surface area contributed by atoms with E-state index in [0.717, 1.165) is 22.8 Å². The highest BCUT2D eigenvalue weighted by atomic mass is 35.5. The summed E-state index contributed by atoms with van der Waals surface area (Å²) in [5.41, 5.74) is 13.9. The number of carbonyl (C=O) groups is 1. The first-order chi connectivity index (χ1) is 19.3. The van der Waals surface area contributed by atoms with Gasteiger partial charge in [0.25, 0.3) is 0 Å². The molecule has 0 unspecified atom stereocenters. The Hall–Kier alpha value is -4.18. The number of hydrogen-bond acceptors (Lipinski definition) is 6. The minimum absolute atomic E-state index is 0.0505. The molecular weight excluding hydrogens is 540 g/mol. The third-order valence-corrected chi connectivity index (χ3v) is 6.41. The molecule has 7 nitrogen and oxygen atoms in total. The van der Waals surface area contributed by atoms with Gasteiger partial charge in [0.2, 0.25) is 0 Å². The van der Waals surface area contributed by atoms with Crippen LogP contribution in [0.2, 0.25) is 5.02 Å². The number of halogens is 3. The average molecular weight is 568 g/mol. The van der Waals surface area contributed by atoms with Gasteiger partial charge in [0, 0.05) is 6.61 Å². The highest BCUT2D eigenvalue weighted by molar-refractivity contribution is 6.33. The van der Waals surface area contributed by atoms with Crippen molar-refractivity contribution >= 4 is 34.6 Å². The van der Waals surface area contributed by atoms with Gasteiger partial charge in [-0.2, -0.15) is 0 Å². The zero-order valence-corrected chi connectivity index (χ0v) is 22.4. The fraction of sp³-hybridized carbons (Fsp3) is 0.167. The van der Waals surface area contributed by atoms with Crippen molar-refractivity contribution in [3.8, 4) is 22.3 Å². The van der Waals surface area contributed by atoms with Gasteiger partial charge in [-0.1, -0.05) is 60.1 Å². The molecule has 0 fully saturated rings. The number of ether oxygens (including phenoxy) is 2. The second kappa shape index (κ2) is 13.3. The van der Waals surface area contributed by atoms with Crippen LogP contribution in [0.1, 0.15) is 22.8 Å². The number of rotatable bonds is 12. The molecule has 5 N–H and O–H groups in total. The maximum atomic E-state index is 15.5. The first kappa shape index (κ1) is 28.8. The van der Waals surface area contributed by atoms with Crippen LogP contribution in [0.15, 0.2) is 72.8 Å². The number of carboxylic acid groups (broad SMARTS) is 1. The van der Waals surface area contributed by atoms with Crippen molar-refractivity contribution in [2.75, 3.05) is 36.4 Å². The van der Waals surface area contributed by atoms with Gasteiger partial charge < -0.3 is 25.7 Å². The van der Waals surface area contributed by atoms with Crippen LogP contribution in [0.3, 0.4) is 0 Å². The van der Waals surface area contributed by atoms with Crippen LogP contribution in [0.5, 0.6) is 0 Å². The lowest BCUT2D eigenvalue weighted by Crippen LogP contribution is -2.14. The van der Waals surface area contributed by atoms with Gasteiger partial charge >= 0.3 is 5.97 Å². The molecule has 4 aromatic carbocycles. The van der Waals surface area contributed by atoms with Crippen molar-refractivity contribution in [3.63, 3.8) is 0 Å². The Morgan fingerprint density at radius 2 is 1.52 bits per heavy atom. The Balaban J connectivity index is 1.49. The van der Waals surface area contributed by atoms with Crippen LogP contribution >= 0.6 is 11.6 Å². The molecule has 4 aromatic rings. The average Bonchev–Trinajstić information content (AvgIpc) is 2.94. The first-order valence-electron chi connectivity index (χ1n) is 12.5. The molecular formula is C30H28ClF2N3O4. The van der Waals surface area contributed by atoms with Gasteiger partial charge in [-0.05, 0) is 53.4 Å². The van der Waals surface area contributed by atoms with E-state index in [9.17, 15) is 14.3 Å². The van der Waals surface area contributed by atoms with Crippen molar-refractivity contribution in [2.45, 2.75) is 13.5 Å². The number of nitrogen functional groups attached to an aromatic ring is 1. The van der Waals surface area contributed by atoms with Gasteiger partial charge in [-0.3, -0.25) is 5.43 Å². The molecule has 0 atom stereocenters. The van der Waals surface area contributed by atoms with E-state index in [0.29, 0.717) is 37.7 Å². The summed E-state index contributed by atoms with van der Waals surface area (Å²) in [5.74, 6) is -2.94. The maximum absolute atomic E-state index is 15.5. The minimum atomic E-state index is -1.22. The molecule has 0 bridgehead atoms. The maximum Gasteiger partial charge on any atom is 0.337 e. The first-order valence-corrected chi connectivity index (χ1v) is 12.8. The molecule has 0 aliphatic carbocycles. The predicted molar refractivity (Wildman–Crippen MR) is 153 cm³/mol. The minimum Gasteiger partial charge on any atom is -0.478 e. The van der Waals surface area contributed by atoms with E-state index < -0.39 is 17.6 Å². The van der Waals surface area contributed by atoms with Crippen LogP contribution in [0.25, 0.3) is 22.3 Å². The van der Waals surface area contributed by atoms with Gasteiger partial charge in [-0.25, -0.2) is 13.6 Å². The molecule has 0 radical (unpaired) electrons. The third-order valence-electron chi connectivity index (χ3n) is 6.08. The predicted octanol–water partition coefficient (Wildman–Crippen LogP) is 7.22. The number of hydrogen-bond donors (Lipinski definition) is 4. The van der Waals surface area contributed by atoms with Gasteiger partial charge in [0.15, 0.2) is 5.82 Å². The second-order valence-corrected chi connectivity index (χ2v) is 9.19. The lowest BCUT2D eigenvalue weighted by molar-refractivity contribution is 0.0453. The fourth-order valence-corrected chi connectivity index (χ4v) is 4.20. The Bertz CT molecular complexity index is 1480. The normalized spacial score (nSPS) is 10.9. The SMILES string of the molecule is CCOCCOCc1ccc(-c2ccc(-c3c(F)cc(N)c(NNc4ccc(Cl)c(C(=O)O)c4)c3F)cc2)cc1. The number of nitrogens with one attached hydrogen (secondary N) is 2. The number of nitrogens with two attached hydrogens (primary N) is 1. The quantitative estimate of drug-likeness (QED) is 0.0813. The molecule has 0 saturated heterocycles. The summed E-state index contributed by atoms with van der Waals surface area (Å²) >= 11 is 5.89. The van der Waals surface area contributed by atoms with Crippen molar-refractivity contribution in [1.82, 2.24) is 0 Å². The van der Waals surface area contributed by atoms with Gasteiger partial charge in [0.1, 0.15) is 11.5 Å².